The molecule has 1 aromatic carbocycles. The average Bonchev–Trinajstić information content (AvgIpc) is 2.81. The molecule has 3 aliphatic carbocycles. The molecule has 132 valence electrons. The number of nitrogens with one attached hydrogen (secondary N) is 1. The molecular weight excluding hydrogens is 320 g/mol. The number of hydrogen-bond donors (Lipinski definition) is 1. The van der Waals surface area contributed by atoms with Crippen LogP contribution in [0.1, 0.15) is 40.0 Å². The smallest absolute Gasteiger partial charge is 0.408 e. The van der Waals surface area contributed by atoms with E-state index < -0.39 is 17.1 Å². The number of aromatic nitrogens is 1. The van der Waals surface area contributed by atoms with Gasteiger partial charge in [0.2, 0.25) is 0 Å². The zero-order valence-corrected chi connectivity index (χ0v) is 14.7. The first-order valence-corrected chi connectivity index (χ1v) is 8.50. The first-order valence-electron chi connectivity index (χ1n) is 8.50. The average molecular weight is 342 g/mol. The normalized spacial score (nSPS) is 27.2. The summed E-state index contributed by atoms with van der Waals surface area (Å²) in [6, 6.07) is 7.84. The Hall–Kier alpha value is -2.50. The van der Waals surface area contributed by atoms with Gasteiger partial charge in [0.15, 0.2) is 0 Å². The fourth-order valence-corrected chi connectivity index (χ4v) is 3.96. The Labute approximate surface area is 146 Å². The van der Waals surface area contributed by atoms with Crippen LogP contribution < -0.4 is 10.2 Å². The third kappa shape index (κ3) is 2.75. The monoisotopic (exact) mass is 342 g/mol. The molecule has 2 aromatic rings. The van der Waals surface area contributed by atoms with E-state index in [1.54, 1.807) is 12.4 Å². The maximum atomic E-state index is 12.5. The molecule has 1 amide bonds. The molecule has 0 saturated heterocycles. The molecule has 3 fully saturated rings. The molecule has 2 bridgehead atoms. The van der Waals surface area contributed by atoms with Crippen LogP contribution in [-0.4, -0.2) is 27.9 Å². The predicted octanol–water partition coefficient (Wildman–Crippen LogP) is 3.04. The number of amides is 1. The van der Waals surface area contributed by atoms with E-state index in [0.717, 1.165) is 10.8 Å². The quantitative estimate of drug-likeness (QED) is 0.931. The van der Waals surface area contributed by atoms with Crippen LogP contribution in [0.25, 0.3) is 10.8 Å². The van der Waals surface area contributed by atoms with Gasteiger partial charge in [0, 0.05) is 16.3 Å². The second-order valence-corrected chi connectivity index (χ2v) is 8.34. The predicted molar refractivity (Wildman–Crippen MR) is 91.9 cm³/mol. The van der Waals surface area contributed by atoms with E-state index in [-0.39, 0.29) is 11.5 Å². The molecule has 0 spiro atoms. The summed E-state index contributed by atoms with van der Waals surface area (Å²) in [6.45, 7) is 5.48. The van der Waals surface area contributed by atoms with Crippen molar-refractivity contribution < 1.29 is 19.2 Å². The lowest BCUT2D eigenvalue weighted by molar-refractivity contribution is -0.203. The SMILES string of the molecule is CC(C)(C)OC(=O)NC12CC(C(=O)On3cc4ccccc4c3)(C1)C2. The Morgan fingerprint density at radius 1 is 1.08 bits per heavy atom. The second kappa shape index (κ2) is 5.00. The molecule has 3 saturated carbocycles. The number of nitrogens with zero attached hydrogens (tertiary/aromatic N) is 1. The topological polar surface area (TPSA) is 69.6 Å². The molecule has 5 rings (SSSR count). The van der Waals surface area contributed by atoms with Crippen molar-refractivity contribution in [1.29, 1.82) is 0 Å². The van der Waals surface area contributed by atoms with Gasteiger partial charge in [0.1, 0.15) is 5.60 Å². The van der Waals surface area contributed by atoms with Gasteiger partial charge in [-0.1, -0.05) is 24.3 Å². The third-order valence-corrected chi connectivity index (χ3v) is 4.95. The fraction of sp³-hybridized carbons (Fsp3) is 0.474. The molecule has 0 radical (unpaired) electrons. The van der Waals surface area contributed by atoms with Crippen LogP contribution in [0.15, 0.2) is 36.7 Å². The Kier molecular flexibility index (Phi) is 3.20. The maximum absolute atomic E-state index is 12.5. The first kappa shape index (κ1) is 16.0. The largest absolute Gasteiger partial charge is 0.444 e. The van der Waals surface area contributed by atoms with E-state index in [2.05, 4.69) is 5.32 Å². The second-order valence-electron chi connectivity index (χ2n) is 8.34. The lowest BCUT2D eigenvalue weighted by atomic mass is 9.39. The summed E-state index contributed by atoms with van der Waals surface area (Å²) in [5, 5.41) is 4.95. The van der Waals surface area contributed by atoms with Crippen molar-refractivity contribution in [1.82, 2.24) is 10.0 Å². The summed E-state index contributed by atoms with van der Waals surface area (Å²) >= 11 is 0. The Balaban J connectivity index is 1.34. The molecule has 0 aliphatic heterocycles. The highest BCUT2D eigenvalue weighted by Gasteiger charge is 2.73. The van der Waals surface area contributed by atoms with Crippen molar-refractivity contribution in [2.45, 2.75) is 51.2 Å². The number of benzene rings is 1. The van der Waals surface area contributed by atoms with Crippen molar-refractivity contribution >= 4 is 22.8 Å². The van der Waals surface area contributed by atoms with Gasteiger partial charge in [-0.15, -0.1) is 0 Å². The number of carbonyl (C=O) groups is 2. The summed E-state index contributed by atoms with van der Waals surface area (Å²) < 4.78 is 6.76. The molecule has 1 N–H and O–H groups in total. The molecule has 6 nitrogen and oxygen atoms in total. The number of carbonyl (C=O) groups excluding carboxylic acids is 2. The van der Waals surface area contributed by atoms with Crippen molar-refractivity contribution in [2.75, 3.05) is 0 Å². The Morgan fingerprint density at radius 3 is 2.16 bits per heavy atom. The molecular formula is C19H22N2O4. The summed E-state index contributed by atoms with van der Waals surface area (Å²) in [5.74, 6) is -0.235. The van der Waals surface area contributed by atoms with E-state index in [1.807, 2.05) is 45.0 Å². The zero-order valence-electron chi connectivity index (χ0n) is 14.7. The van der Waals surface area contributed by atoms with E-state index in [1.165, 1.54) is 4.73 Å². The Bertz CT molecular complexity index is 809. The summed E-state index contributed by atoms with van der Waals surface area (Å²) in [6.07, 6.45) is 5.00. The van der Waals surface area contributed by atoms with Crippen molar-refractivity contribution in [3.05, 3.63) is 36.7 Å². The van der Waals surface area contributed by atoms with Crippen LogP contribution in [-0.2, 0) is 9.53 Å². The van der Waals surface area contributed by atoms with Gasteiger partial charge in [0.25, 0.3) is 0 Å². The molecule has 1 aromatic heterocycles. The van der Waals surface area contributed by atoms with E-state index in [0.29, 0.717) is 19.3 Å². The molecule has 0 unspecified atom stereocenters. The van der Waals surface area contributed by atoms with Gasteiger partial charge in [-0.2, -0.15) is 4.73 Å². The van der Waals surface area contributed by atoms with Crippen molar-refractivity contribution in [3.8, 4) is 0 Å². The fourth-order valence-electron chi connectivity index (χ4n) is 3.96. The van der Waals surface area contributed by atoms with E-state index in [4.69, 9.17) is 9.57 Å². The number of rotatable bonds is 3. The minimum Gasteiger partial charge on any atom is -0.444 e. The number of fused-ring (bicyclic) bond motifs is 1. The van der Waals surface area contributed by atoms with E-state index >= 15 is 0 Å². The molecule has 25 heavy (non-hydrogen) atoms. The highest BCUT2D eigenvalue weighted by Crippen LogP contribution is 2.67. The minimum absolute atomic E-state index is 0.235. The lowest BCUT2D eigenvalue weighted by Gasteiger charge is -2.67. The highest BCUT2D eigenvalue weighted by atomic mass is 16.7. The van der Waals surface area contributed by atoms with Gasteiger partial charge in [0.05, 0.1) is 17.8 Å². The van der Waals surface area contributed by atoms with Crippen molar-refractivity contribution in [2.24, 2.45) is 5.41 Å². The van der Waals surface area contributed by atoms with Crippen LogP contribution in [0, 0.1) is 5.41 Å². The van der Waals surface area contributed by atoms with Gasteiger partial charge >= 0.3 is 12.1 Å². The Morgan fingerprint density at radius 2 is 1.64 bits per heavy atom. The molecule has 1 heterocycles. The van der Waals surface area contributed by atoms with Gasteiger partial charge in [-0.05, 0) is 40.0 Å². The van der Waals surface area contributed by atoms with Crippen LogP contribution in [0.2, 0.25) is 0 Å². The third-order valence-electron chi connectivity index (χ3n) is 4.95. The molecule has 6 heteroatoms. The highest BCUT2D eigenvalue weighted by molar-refractivity contribution is 5.85. The summed E-state index contributed by atoms with van der Waals surface area (Å²) in [7, 11) is 0. The number of ether oxygens (including phenoxy) is 1. The van der Waals surface area contributed by atoms with E-state index in [9.17, 15) is 9.59 Å². The number of alkyl carbamates (subject to hydrolysis) is 1. The number of hydrogen-bond acceptors (Lipinski definition) is 4. The first-order chi connectivity index (χ1) is 11.7. The van der Waals surface area contributed by atoms with Crippen LogP contribution in [0.4, 0.5) is 4.79 Å². The summed E-state index contributed by atoms with van der Waals surface area (Å²) in [4.78, 5) is 29.9. The molecule has 0 atom stereocenters. The van der Waals surface area contributed by atoms with Crippen molar-refractivity contribution in [3.63, 3.8) is 0 Å². The van der Waals surface area contributed by atoms with Gasteiger partial charge in [-0.25, -0.2) is 9.59 Å². The van der Waals surface area contributed by atoms with Gasteiger partial charge in [-0.3, -0.25) is 0 Å². The van der Waals surface area contributed by atoms with Gasteiger partial charge < -0.3 is 14.9 Å². The molecule has 3 aliphatic rings. The maximum Gasteiger partial charge on any atom is 0.408 e. The minimum atomic E-state index is -0.527. The van der Waals surface area contributed by atoms with Crippen LogP contribution >= 0.6 is 0 Å². The standard InChI is InChI=1S/C19H22N2O4/c1-17(2,3)24-16(23)20-19-10-18(11-19,12-19)15(22)25-21-8-13-6-4-5-7-14(13)9-21/h4-9H,10-12H2,1-3H3,(H,20,23). The summed E-state index contributed by atoms with van der Waals surface area (Å²) in [5.41, 5.74) is -1.30. The van der Waals surface area contributed by atoms with Crippen LogP contribution in [0.5, 0.6) is 0 Å². The van der Waals surface area contributed by atoms with Crippen LogP contribution in [0.3, 0.4) is 0 Å². The zero-order chi connectivity index (χ0) is 17.9. The lowest BCUT2D eigenvalue weighted by Crippen LogP contribution is -2.78.